The molecule has 5 rings (SSSR count). The van der Waals surface area contributed by atoms with Gasteiger partial charge in [0.2, 0.25) is 0 Å². The first-order valence-corrected chi connectivity index (χ1v) is 12.4. The Kier molecular flexibility index (Phi) is 5.45. The number of carboxylic acids is 1. The third kappa shape index (κ3) is 3.86. The van der Waals surface area contributed by atoms with Crippen molar-refractivity contribution in [3.8, 4) is 11.1 Å². The maximum absolute atomic E-state index is 12.8. The molecule has 0 spiro atoms. The Balaban J connectivity index is 1.61. The number of rotatable bonds is 6. The van der Waals surface area contributed by atoms with Crippen LogP contribution < -0.4 is 10.5 Å². The van der Waals surface area contributed by atoms with E-state index in [1.165, 1.54) is 30.6 Å². The van der Waals surface area contributed by atoms with E-state index in [0.717, 1.165) is 25.7 Å². The van der Waals surface area contributed by atoms with Crippen molar-refractivity contribution in [2.45, 2.75) is 36.6 Å². The number of sulfonamides is 1. The van der Waals surface area contributed by atoms with Gasteiger partial charge in [-0.1, -0.05) is 37.1 Å². The Hall–Kier alpha value is -3.92. The SMILES string of the molecule is Nc1ncnc2c1c(-c1ccc(NS(=O)(=O)c3ccccc3)c(C(=O)O)c1)cn2C1CCCC1. The van der Waals surface area contributed by atoms with Crippen molar-refractivity contribution in [1.29, 1.82) is 0 Å². The average molecular weight is 478 g/mol. The van der Waals surface area contributed by atoms with Crippen molar-refractivity contribution in [3.05, 3.63) is 66.6 Å². The molecule has 1 aliphatic rings. The molecule has 10 heteroatoms. The summed E-state index contributed by atoms with van der Waals surface area (Å²) >= 11 is 0. The number of nitrogen functional groups attached to an aromatic ring is 1. The lowest BCUT2D eigenvalue weighted by atomic mass is 10.0. The zero-order chi connectivity index (χ0) is 23.9. The Morgan fingerprint density at radius 2 is 1.82 bits per heavy atom. The van der Waals surface area contributed by atoms with Gasteiger partial charge in [-0.3, -0.25) is 4.72 Å². The van der Waals surface area contributed by atoms with Crippen LogP contribution in [0.1, 0.15) is 42.1 Å². The molecule has 0 radical (unpaired) electrons. The van der Waals surface area contributed by atoms with Crippen LogP contribution >= 0.6 is 0 Å². The van der Waals surface area contributed by atoms with Crippen LogP contribution in [0, 0.1) is 0 Å². The van der Waals surface area contributed by atoms with Gasteiger partial charge in [0, 0.05) is 17.8 Å². The average Bonchev–Trinajstić information content (AvgIpc) is 3.48. The van der Waals surface area contributed by atoms with Crippen LogP contribution in [0.25, 0.3) is 22.2 Å². The monoisotopic (exact) mass is 477 g/mol. The van der Waals surface area contributed by atoms with Crippen molar-refractivity contribution in [2.75, 3.05) is 10.5 Å². The largest absolute Gasteiger partial charge is 0.478 e. The second-order valence-corrected chi connectivity index (χ2v) is 10.0. The number of nitrogens with zero attached hydrogens (tertiary/aromatic N) is 3. The van der Waals surface area contributed by atoms with Crippen molar-refractivity contribution < 1.29 is 18.3 Å². The van der Waals surface area contributed by atoms with Gasteiger partial charge in [0.05, 0.1) is 21.5 Å². The molecule has 4 N–H and O–H groups in total. The standard InChI is InChI=1S/C24H23N5O4S/c25-22-21-19(13-29(16-6-4-5-7-16)23(21)27-14-26-22)15-10-11-20(18(12-15)24(30)31)28-34(32,33)17-8-2-1-3-9-17/h1-3,8-14,16,28H,4-7H2,(H,30,31)(H2,25,26,27). The van der Waals surface area contributed by atoms with E-state index < -0.39 is 16.0 Å². The highest BCUT2D eigenvalue weighted by Crippen LogP contribution is 2.39. The van der Waals surface area contributed by atoms with Crippen LogP contribution in [0.5, 0.6) is 0 Å². The number of nitrogens with two attached hydrogens (primary N) is 1. The maximum atomic E-state index is 12.8. The molecule has 0 atom stereocenters. The predicted octanol–water partition coefficient (Wildman–Crippen LogP) is 4.29. The van der Waals surface area contributed by atoms with Gasteiger partial charge in [-0.15, -0.1) is 0 Å². The van der Waals surface area contributed by atoms with Gasteiger partial charge in [0.15, 0.2) is 0 Å². The summed E-state index contributed by atoms with van der Waals surface area (Å²) in [4.78, 5) is 20.7. The van der Waals surface area contributed by atoms with E-state index in [-0.39, 0.29) is 16.1 Å². The third-order valence-corrected chi connectivity index (χ3v) is 7.60. The van der Waals surface area contributed by atoms with Gasteiger partial charge in [0.1, 0.15) is 17.8 Å². The number of fused-ring (bicyclic) bond motifs is 1. The highest BCUT2D eigenvalue weighted by atomic mass is 32.2. The van der Waals surface area contributed by atoms with Gasteiger partial charge < -0.3 is 15.4 Å². The number of hydrogen-bond acceptors (Lipinski definition) is 6. The number of carboxylic acid groups (broad SMARTS) is 1. The summed E-state index contributed by atoms with van der Waals surface area (Å²) in [5.41, 5.74) is 8.02. The highest BCUT2D eigenvalue weighted by molar-refractivity contribution is 7.92. The lowest BCUT2D eigenvalue weighted by molar-refractivity contribution is 0.0698. The topological polar surface area (TPSA) is 140 Å². The Bertz CT molecular complexity index is 1490. The molecule has 2 aromatic carbocycles. The van der Waals surface area contributed by atoms with Gasteiger partial charge in [-0.05, 0) is 42.7 Å². The summed E-state index contributed by atoms with van der Waals surface area (Å²) in [5.74, 6) is -0.946. The van der Waals surface area contributed by atoms with Gasteiger partial charge in [0.25, 0.3) is 10.0 Å². The lowest BCUT2D eigenvalue weighted by Crippen LogP contribution is -2.15. The van der Waals surface area contributed by atoms with Crippen LogP contribution in [-0.2, 0) is 10.0 Å². The van der Waals surface area contributed by atoms with Gasteiger partial charge in [-0.2, -0.15) is 0 Å². The summed E-state index contributed by atoms with van der Waals surface area (Å²) < 4.78 is 30.0. The Morgan fingerprint density at radius 3 is 2.53 bits per heavy atom. The molecule has 0 unspecified atom stereocenters. The van der Waals surface area contributed by atoms with E-state index in [0.29, 0.717) is 34.0 Å². The minimum atomic E-state index is -3.95. The van der Waals surface area contributed by atoms with Gasteiger partial charge >= 0.3 is 5.97 Å². The molecule has 0 bridgehead atoms. The van der Waals surface area contributed by atoms with Crippen LogP contribution in [0.4, 0.5) is 11.5 Å². The summed E-state index contributed by atoms with van der Waals surface area (Å²) in [6.07, 6.45) is 7.72. The third-order valence-electron chi connectivity index (χ3n) is 6.22. The summed E-state index contributed by atoms with van der Waals surface area (Å²) in [6.45, 7) is 0. The van der Waals surface area contributed by atoms with Crippen LogP contribution in [0.3, 0.4) is 0 Å². The fourth-order valence-corrected chi connectivity index (χ4v) is 5.67. The number of benzene rings is 2. The molecule has 1 fully saturated rings. The minimum Gasteiger partial charge on any atom is -0.478 e. The molecule has 0 aliphatic heterocycles. The fourth-order valence-electron chi connectivity index (χ4n) is 4.57. The molecular weight excluding hydrogens is 454 g/mol. The highest BCUT2D eigenvalue weighted by Gasteiger charge is 2.24. The zero-order valence-corrected chi connectivity index (χ0v) is 19.0. The second kappa shape index (κ2) is 8.45. The fraction of sp³-hybridized carbons (Fsp3) is 0.208. The summed E-state index contributed by atoms with van der Waals surface area (Å²) in [6, 6.07) is 12.7. The molecular formula is C24H23N5O4S. The number of carbonyl (C=O) groups is 1. The number of aromatic nitrogens is 3. The minimum absolute atomic E-state index is 0.0242. The molecule has 2 heterocycles. The molecule has 1 aliphatic carbocycles. The predicted molar refractivity (Wildman–Crippen MR) is 129 cm³/mol. The van der Waals surface area contributed by atoms with Crippen molar-refractivity contribution >= 4 is 38.5 Å². The van der Waals surface area contributed by atoms with E-state index in [9.17, 15) is 18.3 Å². The number of hydrogen-bond donors (Lipinski definition) is 3. The molecule has 174 valence electrons. The van der Waals surface area contributed by atoms with Gasteiger partial charge in [-0.25, -0.2) is 23.2 Å². The van der Waals surface area contributed by atoms with E-state index in [4.69, 9.17) is 5.73 Å². The molecule has 0 amide bonds. The summed E-state index contributed by atoms with van der Waals surface area (Å²) in [7, 11) is -3.95. The molecule has 2 aromatic heterocycles. The van der Waals surface area contributed by atoms with Crippen molar-refractivity contribution in [1.82, 2.24) is 14.5 Å². The molecule has 0 saturated heterocycles. The molecule has 4 aromatic rings. The van der Waals surface area contributed by atoms with E-state index in [2.05, 4.69) is 19.3 Å². The van der Waals surface area contributed by atoms with Crippen LogP contribution in [0.15, 0.2) is 66.0 Å². The number of nitrogens with one attached hydrogen (secondary N) is 1. The van der Waals surface area contributed by atoms with Crippen LogP contribution in [-0.4, -0.2) is 34.0 Å². The van der Waals surface area contributed by atoms with E-state index >= 15 is 0 Å². The first kappa shape index (κ1) is 21.9. The quantitative estimate of drug-likeness (QED) is 0.376. The zero-order valence-electron chi connectivity index (χ0n) is 18.2. The van der Waals surface area contributed by atoms with E-state index in [1.807, 2.05) is 6.20 Å². The normalized spacial score (nSPS) is 14.5. The van der Waals surface area contributed by atoms with Crippen LogP contribution in [0.2, 0.25) is 0 Å². The molecule has 34 heavy (non-hydrogen) atoms. The Labute approximate surface area is 196 Å². The smallest absolute Gasteiger partial charge is 0.337 e. The Morgan fingerprint density at radius 1 is 1.09 bits per heavy atom. The summed E-state index contributed by atoms with van der Waals surface area (Å²) in [5, 5.41) is 10.5. The second-order valence-electron chi connectivity index (χ2n) is 8.33. The lowest BCUT2D eigenvalue weighted by Gasteiger charge is -2.12. The van der Waals surface area contributed by atoms with Crippen molar-refractivity contribution in [3.63, 3.8) is 0 Å². The van der Waals surface area contributed by atoms with Crippen molar-refractivity contribution in [2.24, 2.45) is 0 Å². The first-order chi connectivity index (χ1) is 16.3. The first-order valence-electron chi connectivity index (χ1n) is 10.9. The number of anilines is 2. The number of aromatic carboxylic acids is 1. The molecule has 9 nitrogen and oxygen atoms in total. The molecule has 1 saturated carbocycles. The maximum Gasteiger partial charge on any atom is 0.337 e. The van der Waals surface area contributed by atoms with E-state index in [1.54, 1.807) is 24.3 Å².